The van der Waals surface area contributed by atoms with E-state index in [0.29, 0.717) is 16.7 Å². The molecule has 1 atom stereocenters. The van der Waals surface area contributed by atoms with Crippen LogP contribution < -0.4 is 10.6 Å². The summed E-state index contributed by atoms with van der Waals surface area (Å²) in [5, 5.41) is 7.65. The molecule has 0 saturated carbocycles. The van der Waals surface area contributed by atoms with Crippen LogP contribution in [-0.2, 0) is 21.2 Å². The minimum absolute atomic E-state index is 0.117. The number of nitrogens with zero attached hydrogens (tertiary/aromatic N) is 4. The van der Waals surface area contributed by atoms with Gasteiger partial charge in [-0.3, -0.25) is 9.59 Å². The molecule has 1 saturated heterocycles. The average Bonchev–Trinajstić information content (AvgIpc) is 3.47. The Morgan fingerprint density at radius 3 is 2.58 bits per heavy atom. The van der Waals surface area contributed by atoms with Gasteiger partial charge in [-0.2, -0.15) is 0 Å². The highest BCUT2D eigenvalue weighted by molar-refractivity contribution is 7.91. The van der Waals surface area contributed by atoms with Crippen molar-refractivity contribution in [1.82, 2.24) is 15.1 Å². The van der Waals surface area contributed by atoms with Gasteiger partial charge in [0.25, 0.3) is 11.8 Å². The van der Waals surface area contributed by atoms with Crippen LogP contribution in [0.1, 0.15) is 22.7 Å². The highest BCUT2D eigenvalue weighted by Gasteiger charge is 2.42. The fourth-order valence-corrected chi connectivity index (χ4v) is 5.97. The third-order valence-electron chi connectivity index (χ3n) is 6.21. The molecule has 200 valence electrons. The highest BCUT2D eigenvalue weighted by Crippen LogP contribution is 2.37. The Morgan fingerprint density at radius 2 is 1.92 bits per heavy atom. The fraction of sp³-hybridized carbons (Fsp3) is 0.304. The van der Waals surface area contributed by atoms with Gasteiger partial charge in [0.05, 0.1) is 41.0 Å². The average molecular weight is 570 g/mol. The first kappa shape index (κ1) is 26.1. The summed E-state index contributed by atoms with van der Waals surface area (Å²) < 4.78 is 73.5. The first-order valence-electron chi connectivity index (χ1n) is 11.2. The van der Waals surface area contributed by atoms with Crippen molar-refractivity contribution in [1.29, 1.82) is 0 Å². The lowest BCUT2D eigenvalue weighted by atomic mass is 10.1. The molecule has 15 heteroatoms. The van der Waals surface area contributed by atoms with Gasteiger partial charge < -0.3 is 20.0 Å². The van der Waals surface area contributed by atoms with Crippen LogP contribution in [0.4, 0.5) is 18.9 Å². The summed E-state index contributed by atoms with van der Waals surface area (Å²) in [5.74, 6) is -7.71. The largest absolute Gasteiger partial charge is 0.412 e. The number of benzene rings is 2. The highest BCUT2D eigenvalue weighted by atomic mass is 35.5. The number of carbonyl (C=O) groups is 2. The third-order valence-corrected chi connectivity index (χ3v) is 8.25. The predicted octanol–water partition coefficient (Wildman–Crippen LogP) is 2.66. The van der Waals surface area contributed by atoms with Crippen molar-refractivity contribution in [2.24, 2.45) is 5.73 Å². The van der Waals surface area contributed by atoms with E-state index in [-0.39, 0.29) is 18.8 Å². The molecule has 2 aromatic carbocycles. The lowest BCUT2D eigenvalue weighted by Gasteiger charge is -2.24. The van der Waals surface area contributed by atoms with E-state index in [2.05, 4.69) is 10.2 Å². The number of sulfone groups is 1. The molecule has 3 aromatic rings. The van der Waals surface area contributed by atoms with Crippen LogP contribution in [0, 0.1) is 5.82 Å². The molecular formula is C23H19ClF3N5O5S. The minimum atomic E-state index is -4.19. The number of fused-ring (bicyclic) bond motifs is 1. The van der Waals surface area contributed by atoms with Crippen LogP contribution in [0.25, 0.3) is 11.5 Å². The summed E-state index contributed by atoms with van der Waals surface area (Å²) in [7, 11) is -4.19. The Hall–Kier alpha value is -3.49. The second-order valence-electron chi connectivity index (χ2n) is 8.98. The minimum Gasteiger partial charge on any atom is -0.412 e. The van der Waals surface area contributed by atoms with E-state index in [4.69, 9.17) is 21.8 Å². The zero-order chi connectivity index (χ0) is 27.4. The second-order valence-corrected chi connectivity index (χ2v) is 11.4. The Labute approximate surface area is 219 Å². The van der Waals surface area contributed by atoms with E-state index in [9.17, 15) is 26.8 Å². The van der Waals surface area contributed by atoms with Gasteiger partial charge in [0, 0.05) is 18.0 Å². The summed E-state index contributed by atoms with van der Waals surface area (Å²) in [6.07, 6.45) is -0.521. The number of hydrogen-bond acceptors (Lipinski definition) is 8. The number of halogens is 4. The van der Waals surface area contributed by atoms with Gasteiger partial charge in [0.1, 0.15) is 5.82 Å². The maximum Gasteiger partial charge on any atom is 0.311 e. The van der Waals surface area contributed by atoms with Crippen molar-refractivity contribution in [3.05, 3.63) is 58.7 Å². The number of aromatic nitrogens is 2. The molecule has 0 bridgehead atoms. The number of nitrogens with two attached hydrogens (primary N) is 1. The van der Waals surface area contributed by atoms with Crippen molar-refractivity contribution in [2.45, 2.75) is 29.8 Å². The lowest BCUT2D eigenvalue weighted by Crippen LogP contribution is -2.45. The number of anilines is 1. The molecule has 1 aromatic heterocycles. The molecule has 2 amide bonds. The first-order chi connectivity index (χ1) is 17.8. The Balaban J connectivity index is 1.56. The predicted molar refractivity (Wildman–Crippen MR) is 128 cm³/mol. The summed E-state index contributed by atoms with van der Waals surface area (Å²) in [6.45, 7) is -1.17. The maximum atomic E-state index is 15.2. The molecule has 1 fully saturated rings. The summed E-state index contributed by atoms with van der Waals surface area (Å²) >= 11 is 5.93. The monoisotopic (exact) mass is 569 g/mol. The second kappa shape index (κ2) is 9.36. The van der Waals surface area contributed by atoms with Gasteiger partial charge in [-0.05, 0) is 29.8 Å². The van der Waals surface area contributed by atoms with Gasteiger partial charge in [-0.1, -0.05) is 23.7 Å². The number of amides is 2. The van der Waals surface area contributed by atoms with Crippen LogP contribution in [0.15, 0.2) is 45.7 Å². The van der Waals surface area contributed by atoms with E-state index in [1.807, 2.05) is 0 Å². The normalized spacial score (nSPS) is 20.3. The summed E-state index contributed by atoms with van der Waals surface area (Å²) in [6, 6.07) is 6.76. The maximum absolute atomic E-state index is 15.2. The number of likely N-dealkylation sites (tertiary alicyclic amines) is 1. The van der Waals surface area contributed by atoms with E-state index >= 15 is 4.39 Å². The van der Waals surface area contributed by atoms with Crippen molar-refractivity contribution < 1.29 is 35.6 Å². The van der Waals surface area contributed by atoms with E-state index < -0.39 is 80.4 Å². The fourth-order valence-electron chi connectivity index (χ4n) is 4.28. The molecule has 2 aliphatic heterocycles. The number of rotatable bonds is 4. The molecule has 5 rings (SSSR count). The van der Waals surface area contributed by atoms with Gasteiger partial charge in [-0.25, -0.2) is 21.6 Å². The quantitative estimate of drug-likeness (QED) is 0.506. The number of hydrogen-bond donors (Lipinski definition) is 1. The van der Waals surface area contributed by atoms with Crippen LogP contribution in [0.5, 0.6) is 0 Å². The molecule has 10 nitrogen and oxygen atoms in total. The third kappa shape index (κ3) is 4.86. The van der Waals surface area contributed by atoms with Crippen LogP contribution in [-0.4, -0.2) is 66.1 Å². The van der Waals surface area contributed by atoms with Gasteiger partial charge >= 0.3 is 11.8 Å². The zero-order valence-electron chi connectivity index (χ0n) is 19.4. The molecular weight excluding hydrogens is 551 g/mol. The molecule has 0 aliphatic carbocycles. The topological polar surface area (TPSA) is 140 Å². The summed E-state index contributed by atoms with van der Waals surface area (Å²) in [5.41, 5.74) is 5.88. The molecule has 3 heterocycles. The van der Waals surface area contributed by atoms with Gasteiger partial charge in [0.2, 0.25) is 5.91 Å². The first-order valence-corrected chi connectivity index (χ1v) is 13.3. The van der Waals surface area contributed by atoms with E-state index in [1.54, 1.807) is 24.3 Å². The van der Waals surface area contributed by atoms with Crippen molar-refractivity contribution in [3.63, 3.8) is 0 Å². The van der Waals surface area contributed by atoms with Crippen LogP contribution in [0.3, 0.4) is 0 Å². The van der Waals surface area contributed by atoms with Crippen molar-refractivity contribution in [2.75, 3.05) is 23.7 Å². The molecule has 0 spiro atoms. The standard InChI is InChI=1S/C23H19ClF3N5O5S/c24-13-3-1-12(2-4-13)9-32-17-7-14(15(25)8-18(17)38(35,36)10-16(28)21(32)33)19-29-30-20(37-19)22(34)31-6-5-23(26,27)11-31/h1-4,7-8,16H,5-6,9-11,28H2/t16-/m0/s1. The smallest absolute Gasteiger partial charge is 0.311 e. The molecule has 0 radical (unpaired) electrons. The molecule has 2 aliphatic rings. The van der Waals surface area contributed by atoms with Gasteiger partial charge in [-0.15, -0.1) is 10.2 Å². The molecule has 0 unspecified atom stereocenters. The van der Waals surface area contributed by atoms with E-state index in [0.717, 1.165) is 15.9 Å². The Bertz CT molecular complexity index is 1550. The lowest BCUT2D eigenvalue weighted by molar-refractivity contribution is -0.119. The van der Waals surface area contributed by atoms with Crippen LogP contribution in [0.2, 0.25) is 5.02 Å². The Morgan fingerprint density at radius 1 is 1.21 bits per heavy atom. The van der Waals surface area contributed by atoms with Crippen LogP contribution >= 0.6 is 11.6 Å². The zero-order valence-corrected chi connectivity index (χ0v) is 21.0. The number of carbonyl (C=O) groups excluding carboxylic acids is 2. The van der Waals surface area contributed by atoms with Gasteiger partial charge in [0.15, 0.2) is 9.84 Å². The van der Waals surface area contributed by atoms with Crippen molar-refractivity contribution in [3.8, 4) is 11.5 Å². The van der Waals surface area contributed by atoms with Crippen molar-refractivity contribution >= 4 is 38.9 Å². The van der Waals surface area contributed by atoms with E-state index in [1.165, 1.54) is 0 Å². The molecule has 38 heavy (non-hydrogen) atoms. The SMILES string of the molecule is N[C@H]1CS(=O)(=O)c2cc(F)c(-c3nnc(C(=O)N4CCC(F)(F)C4)o3)cc2N(Cc2ccc(Cl)cc2)C1=O. The number of alkyl halides is 2. The Kier molecular flexibility index (Phi) is 6.44. The molecule has 2 N–H and O–H groups in total. The summed E-state index contributed by atoms with van der Waals surface area (Å²) in [4.78, 5) is 27.2.